The van der Waals surface area contributed by atoms with Gasteiger partial charge in [-0.3, -0.25) is 4.79 Å². The Morgan fingerprint density at radius 3 is 2.50 bits per heavy atom. The number of carbonyl (C=O) groups is 1. The highest BCUT2D eigenvalue weighted by molar-refractivity contribution is 5.94. The van der Waals surface area contributed by atoms with Crippen molar-refractivity contribution in [2.75, 3.05) is 26.2 Å². The quantitative estimate of drug-likeness (QED) is 0.721. The Morgan fingerprint density at radius 2 is 1.75 bits per heavy atom. The lowest BCUT2D eigenvalue weighted by molar-refractivity contribution is 0.0949. The average Bonchev–Trinajstić information content (AvgIpc) is 3.24. The minimum atomic E-state index is -0.0327. The number of hydrogen-bond donors (Lipinski definition) is 1. The average molecular weight is 372 g/mol. The van der Waals surface area contributed by atoms with Crippen LogP contribution in [0.25, 0.3) is 11.1 Å². The van der Waals surface area contributed by atoms with E-state index in [4.69, 9.17) is 0 Å². The number of nitrogens with zero attached hydrogens (tertiary/aromatic N) is 3. The molecule has 2 heterocycles. The zero-order valence-electron chi connectivity index (χ0n) is 15.8. The van der Waals surface area contributed by atoms with Gasteiger partial charge in [-0.25, -0.2) is 9.97 Å². The Morgan fingerprint density at radius 1 is 1.00 bits per heavy atom. The molecule has 3 aromatic rings. The summed E-state index contributed by atoms with van der Waals surface area (Å²) >= 11 is 0. The summed E-state index contributed by atoms with van der Waals surface area (Å²) in [5, 5.41) is 3.03. The van der Waals surface area contributed by atoms with Crippen LogP contribution in [0.15, 0.2) is 73.3 Å². The fourth-order valence-electron chi connectivity index (χ4n) is 3.72. The van der Waals surface area contributed by atoms with E-state index in [0.29, 0.717) is 18.0 Å². The van der Waals surface area contributed by atoms with Gasteiger partial charge in [-0.2, -0.15) is 0 Å². The van der Waals surface area contributed by atoms with Gasteiger partial charge in [-0.15, -0.1) is 0 Å². The number of rotatable bonds is 6. The number of aromatic nitrogens is 2. The van der Waals surface area contributed by atoms with Crippen molar-refractivity contribution in [1.29, 1.82) is 0 Å². The van der Waals surface area contributed by atoms with E-state index in [0.717, 1.165) is 30.8 Å². The van der Waals surface area contributed by atoms with Crippen molar-refractivity contribution in [2.45, 2.75) is 12.3 Å². The molecular weight excluding hydrogens is 348 g/mol. The number of nitrogens with one attached hydrogen (secondary N) is 1. The molecule has 0 bridgehead atoms. The van der Waals surface area contributed by atoms with Crippen LogP contribution in [0.2, 0.25) is 0 Å². The molecule has 0 saturated carbocycles. The second-order valence-corrected chi connectivity index (χ2v) is 7.16. The highest BCUT2D eigenvalue weighted by atomic mass is 16.1. The second kappa shape index (κ2) is 8.76. The lowest BCUT2D eigenvalue weighted by Gasteiger charge is -2.16. The Labute approximate surface area is 165 Å². The van der Waals surface area contributed by atoms with Gasteiger partial charge in [0.25, 0.3) is 5.91 Å². The smallest absolute Gasteiger partial charge is 0.251 e. The first-order valence-corrected chi connectivity index (χ1v) is 9.70. The summed E-state index contributed by atoms with van der Waals surface area (Å²) in [5.41, 5.74) is 4.03. The van der Waals surface area contributed by atoms with E-state index >= 15 is 0 Å². The molecule has 4 rings (SSSR count). The van der Waals surface area contributed by atoms with Crippen molar-refractivity contribution < 1.29 is 4.79 Å². The SMILES string of the molecule is O=C(NCCN1CCC(c2ccccc2)C1)c1ccc(-c2cncnc2)cc1. The van der Waals surface area contributed by atoms with Crippen molar-refractivity contribution in [3.63, 3.8) is 0 Å². The first-order chi connectivity index (χ1) is 13.8. The molecule has 1 aliphatic rings. The maximum Gasteiger partial charge on any atom is 0.251 e. The number of likely N-dealkylation sites (tertiary alicyclic amines) is 1. The van der Waals surface area contributed by atoms with Gasteiger partial charge < -0.3 is 10.2 Å². The van der Waals surface area contributed by atoms with Crippen LogP contribution in [-0.2, 0) is 0 Å². The monoisotopic (exact) mass is 372 g/mol. The van der Waals surface area contributed by atoms with E-state index in [-0.39, 0.29) is 5.91 Å². The van der Waals surface area contributed by atoms with Crippen LogP contribution in [0.4, 0.5) is 0 Å². The Hall–Kier alpha value is -3.05. The van der Waals surface area contributed by atoms with Crippen LogP contribution in [0.1, 0.15) is 28.3 Å². The van der Waals surface area contributed by atoms with Gasteiger partial charge in [0, 0.05) is 43.2 Å². The zero-order valence-corrected chi connectivity index (χ0v) is 15.8. The zero-order chi connectivity index (χ0) is 19.2. The molecule has 0 aliphatic carbocycles. The summed E-state index contributed by atoms with van der Waals surface area (Å²) in [6, 6.07) is 18.2. The van der Waals surface area contributed by atoms with E-state index in [1.807, 2.05) is 24.3 Å². The van der Waals surface area contributed by atoms with E-state index in [2.05, 4.69) is 50.5 Å². The lowest BCUT2D eigenvalue weighted by atomic mass is 9.99. The lowest BCUT2D eigenvalue weighted by Crippen LogP contribution is -2.33. The molecule has 0 spiro atoms. The van der Waals surface area contributed by atoms with Crippen LogP contribution in [0.3, 0.4) is 0 Å². The second-order valence-electron chi connectivity index (χ2n) is 7.16. The normalized spacial score (nSPS) is 16.8. The molecule has 1 saturated heterocycles. The number of carbonyl (C=O) groups excluding carboxylic acids is 1. The van der Waals surface area contributed by atoms with Gasteiger partial charge in [0.2, 0.25) is 0 Å². The molecule has 0 radical (unpaired) electrons. The van der Waals surface area contributed by atoms with E-state index in [1.54, 1.807) is 12.4 Å². The molecule has 1 amide bonds. The van der Waals surface area contributed by atoms with Crippen molar-refractivity contribution in [3.8, 4) is 11.1 Å². The topological polar surface area (TPSA) is 58.1 Å². The summed E-state index contributed by atoms with van der Waals surface area (Å²) < 4.78 is 0. The maximum atomic E-state index is 12.4. The Kier molecular flexibility index (Phi) is 5.73. The Bertz CT molecular complexity index is 897. The fraction of sp³-hybridized carbons (Fsp3) is 0.261. The molecule has 5 nitrogen and oxygen atoms in total. The predicted molar refractivity (Wildman–Crippen MR) is 110 cm³/mol. The van der Waals surface area contributed by atoms with Gasteiger partial charge in [0.05, 0.1) is 0 Å². The van der Waals surface area contributed by atoms with E-state index in [9.17, 15) is 4.79 Å². The molecule has 1 unspecified atom stereocenters. The van der Waals surface area contributed by atoms with Crippen LogP contribution < -0.4 is 5.32 Å². The summed E-state index contributed by atoms with van der Waals surface area (Å²) in [6.07, 6.45) is 6.22. The van der Waals surface area contributed by atoms with Crippen LogP contribution >= 0.6 is 0 Å². The Balaban J connectivity index is 1.25. The van der Waals surface area contributed by atoms with E-state index in [1.165, 1.54) is 18.3 Å². The molecule has 1 aromatic heterocycles. The molecule has 1 fully saturated rings. The molecule has 1 N–H and O–H groups in total. The predicted octanol–water partition coefficient (Wildman–Crippen LogP) is 3.36. The standard InChI is InChI=1S/C23H24N4O/c28-23(20-8-6-19(7-9-20)22-14-24-17-25-15-22)26-11-13-27-12-10-21(16-27)18-4-2-1-3-5-18/h1-9,14-15,17,21H,10-13,16H2,(H,26,28). The minimum Gasteiger partial charge on any atom is -0.351 e. The third kappa shape index (κ3) is 4.43. The summed E-state index contributed by atoms with van der Waals surface area (Å²) in [5.74, 6) is 0.570. The largest absolute Gasteiger partial charge is 0.351 e. The maximum absolute atomic E-state index is 12.4. The summed E-state index contributed by atoms with van der Waals surface area (Å²) in [4.78, 5) is 22.9. The number of hydrogen-bond acceptors (Lipinski definition) is 4. The third-order valence-electron chi connectivity index (χ3n) is 5.30. The minimum absolute atomic E-state index is 0.0327. The summed E-state index contributed by atoms with van der Waals surface area (Å²) in [6.45, 7) is 3.69. The number of benzene rings is 2. The molecule has 142 valence electrons. The van der Waals surface area contributed by atoms with Gasteiger partial charge in [0.1, 0.15) is 6.33 Å². The van der Waals surface area contributed by atoms with Crippen molar-refractivity contribution in [1.82, 2.24) is 20.2 Å². The molecule has 1 aliphatic heterocycles. The van der Waals surface area contributed by atoms with Gasteiger partial charge in [0.15, 0.2) is 0 Å². The molecule has 2 aromatic carbocycles. The van der Waals surface area contributed by atoms with Crippen molar-refractivity contribution in [2.24, 2.45) is 0 Å². The van der Waals surface area contributed by atoms with Gasteiger partial charge in [-0.05, 0) is 42.1 Å². The van der Waals surface area contributed by atoms with Gasteiger partial charge >= 0.3 is 0 Å². The van der Waals surface area contributed by atoms with Gasteiger partial charge in [-0.1, -0.05) is 42.5 Å². The number of amides is 1. The van der Waals surface area contributed by atoms with Crippen LogP contribution in [0, 0.1) is 0 Å². The van der Waals surface area contributed by atoms with Crippen LogP contribution in [-0.4, -0.2) is 47.0 Å². The highest BCUT2D eigenvalue weighted by Crippen LogP contribution is 2.26. The van der Waals surface area contributed by atoms with E-state index < -0.39 is 0 Å². The van der Waals surface area contributed by atoms with Crippen molar-refractivity contribution >= 4 is 5.91 Å². The third-order valence-corrected chi connectivity index (χ3v) is 5.30. The van der Waals surface area contributed by atoms with Crippen LogP contribution in [0.5, 0.6) is 0 Å². The summed E-state index contributed by atoms with van der Waals surface area (Å²) in [7, 11) is 0. The highest BCUT2D eigenvalue weighted by Gasteiger charge is 2.23. The van der Waals surface area contributed by atoms with Crippen molar-refractivity contribution in [3.05, 3.63) is 84.4 Å². The molecule has 28 heavy (non-hydrogen) atoms. The molecule has 1 atom stereocenters. The molecule has 5 heteroatoms. The first-order valence-electron chi connectivity index (χ1n) is 9.70. The first kappa shape index (κ1) is 18.3. The fourth-order valence-corrected chi connectivity index (χ4v) is 3.72. The molecular formula is C23H24N4O.